The number of nitrogens with one attached hydrogen (secondary N) is 1. The molecule has 27 heavy (non-hydrogen) atoms. The summed E-state index contributed by atoms with van der Waals surface area (Å²) in [7, 11) is 1.54. The van der Waals surface area contributed by atoms with Gasteiger partial charge in [-0.3, -0.25) is 9.59 Å². The van der Waals surface area contributed by atoms with E-state index >= 15 is 0 Å². The molecule has 1 saturated heterocycles. The summed E-state index contributed by atoms with van der Waals surface area (Å²) in [5, 5.41) is 3.27. The second-order valence-corrected chi connectivity index (χ2v) is 6.79. The van der Waals surface area contributed by atoms with Gasteiger partial charge in [0.2, 0.25) is 5.91 Å². The molecule has 1 fully saturated rings. The Balaban J connectivity index is 1.64. The zero-order valence-corrected chi connectivity index (χ0v) is 16.1. The third-order valence-corrected chi connectivity index (χ3v) is 4.75. The van der Waals surface area contributed by atoms with Gasteiger partial charge < -0.3 is 19.9 Å². The molecule has 0 aliphatic carbocycles. The van der Waals surface area contributed by atoms with Gasteiger partial charge in [-0.2, -0.15) is 0 Å². The number of benzene rings is 2. The number of amides is 2. The molecule has 1 aliphatic rings. The van der Waals surface area contributed by atoms with Gasteiger partial charge in [-0.1, -0.05) is 11.6 Å². The molecule has 1 N–H and O–H groups in total. The number of carbonyl (C=O) groups excluding carboxylic acids is 2. The molecule has 1 aliphatic heterocycles. The third-order valence-electron chi connectivity index (χ3n) is 4.51. The third kappa shape index (κ3) is 4.52. The second-order valence-electron chi connectivity index (χ2n) is 6.35. The molecule has 2 amide bonds. The first-order chi connectivity index (χ1) is 13.0. The van der Waals surface area contributed by atoms with E-state index in [1.807, 2.05) is 29.2 Å². The van der Waals surface area contributed by atoms with Gasteiger partial charge in [0.25, 0.3) is 5.91 Å². The van der Waals surface area contributed by atoms with Gasteiger partial charge in [-0.25, -0.2) is 0 Å². The van der Waals surface area contributed by atoms with Crippen molar-refractivity contribution in [2.75, 3.05) is 43.5 Å². The Bertz CT molecular complexity index is 831. The highest BCUT2D eigenvalue weighted by Crippen LogP contribution is 2.25. The van der Waals surface area contributed by atoms with Crippen LogP contribution in [0.2, 0.25) is 5.02 Å². The van der Waals surface area contributed by atoms with Crippen molar-refractivity contribution in [2.45, 2.75) is 6.92 Å². The van der Waals surface area contributed by atoms with Gasteiger partial charge >= 0.3 is 0 Å². The van der Waals surface area contributed by atoms with E-state index < -0.39 is 0 Å². The lowest BCUT2D eigenvalue weighted by atomic mass is 10.1. The summed E-state index contributed by atoms with van der Waals surface area (Å²) in [5.74, 6) is 0.363. The van der Waals surface area contributed by atoms with Gasteiger partial charge in [-0.05, 0) is 42.5 Å². The molecule has 7 heteroatoms. The Labute approximate surface area is 163 Å². The fourth-order valence-corrected chi connectivity index (χ4v) is 3.32. The van der Waals surface area contributed by atoms with E-state index in [4.69, 9.17) is 16.3 Å². The average Bonchev–Trinajstić information content (AvgIpc) is 2.68. The average molecular weight is 388 g/mol. The maximum atomic E-state index is 12.9. The maximum absolute atomic E-state index is 12.9. The van der Waals surface area contributed by atoms with E-state index in [0.717, 1.165) is 24.5 Å². The van der Waals surface area contributed by atoms with Crippen LogP contribution in [-0.4, -0.2) is 50.0 Å². The summed E-state index contributed by atoms with van der Waals surface area (Å²) in [4.78, 5) is 28.0. The predicted molar refractivity (Wildman–Crippen MR) is 107 cm³/mol. The van der Waals surface area contributed by atoms with Gasteiger partial charge in [0.15, 0.2) is 0 Å². The number of anilines is 2. The van der Waals surface area contributed by atoms with Crippen LogP contribution in [0.25, 0.3) is 0 Å². The molecule has 2 aromatic rings. The molecule has 6 nitrogen and oxygen atoms in total. The number of rotatable bonds is 4. The van der Waals surface area contributed by atoms with Crippen molar-refractivity contribution in [1.29, 1.82) is 0 Å². The van der Waals surface area contributed by atoms with Crippen molar-refractivity contribution in [3.63, 3.8) is 0 Å². The van der Waals surface area contributed by atoms with Crippen molar-refractivity contribution < 1.29 is 14.3 Å². The minimum absolute atomic E-state index is 0.0741. The van der Waals surface area contributed by atoms with Crippen molar-refractivity contribution >= 4 is 34.8 Å². The number of carbonyl (C=O) groups is 2. The van der Waals surface area contributed by atoms with Gasteiger partial charge in [0, 0.05) is 49.5 Å². The molecule has 0 bridgehead atoms. The first-order valence-corrected chi connectivity index (χ1v) is 9.11. The lowest BCUT2D eigenvalue weighted by Gasteiger charge is -2.36. The van der Waals surface area contributed by atoms with Crippen LogP contribution in [-0.2, 0) is 4.79 Å². The molecule has 2 aromatic carbocycles. The van der Waals surface area contributed by atoms with Crippen molar-refractivity contribution in [1.82, 2.24) is 4.90 Å². The number of piperazine rings is 1. The summed E-state index contributed by atoms with van der Waals surface area (Å²) in [6.45, 7) is 4.17. The van der Waals surface area contributed by atoms with Crippen LogP contribution in [0, 0.1) is 0 Å². The Morgan fingerprint density at radius 3 is 2.30 bits per heavy atom. The predicted octanol–water partition coefficient (Wildman–Crippen LogP) is 3.27. The Morgan fingerprint density at radius 1 is 1.04 bits per heavy atom. The summed E-state index contributed by atoms with van der Waals surface area (Å²) < 4.78 is 5.29. The highest BCUT2D eigenvalue weighted by Gasteiger charge is 2.24. The van der Waals surface area contributed by atoms with Crippen LogP contribution < -0.4 is 15.0 Å². The van der Waals surface area contributed by atoms with Crippen LogP contribution in [0.4, 0.5) is 11.4 Å². The number of halogens is 1. The first kappa shape index (κ1) is 19.0. The van der Waals surface area contributed by atoms with Gasteiger partial charge in [0.1, 0.15) is 5.75 Å². The molecule has 0 spiro atoms. The van der Waals surface area contributed by atoms with E-state index in [2.05, 4.69) is 10.2 Å². The number of ether oxygens (including phenoxy) is 1. The molecule has 0 unspecified atom stereocenters. The number of hydrogen-bond donors (Lipinski definition) is 1. The minimum atomic E-state index is -0.0914. The van der Waals surface area contributed by atoms with Gasteiger partial charge in [0.05, 0.1) is 12.7 Å². The molecule has 3 rings (SSSR count). The fourth-order valence-electron chi connectivity index (χ4n) is 3.14. The number of methoxy groups -OCH3 is 1. The minimum Gasteiger partial charge on any atom is -0.496 e. The van der Waals surface area contributed by atoms with E-state index in [1.54, 1.807) is 25.3 Å². The Hall–Kier alpha value is -2.73. The first-order valence-electron chi connectivity index (χ1n) is 8.73. The van der Waals surface area contributed by atoms with Crippen molar-refractivity contribution in [3.8, 4) is 5.75 Å². The largest absolute Gasteiger partial charge is 0.496 e. The molecular formula is C20H22ClN3O3. The fraction of sp³-hybridized carbons (Fsp3) is 0.300. The van der Waals surface area contributed by atoms with E-state index in [1.165, 1.54) is 6.92 Å². The van der Waals surface area contributed by atoms with Crippen LogP contribution >= 0.6 is 11.6 Å². The highest BCUT2D eigenvalue weighted by molar-refractivity contribution is 6.31. The number of hydrogen-bond acceptors (Lipinski definition) is 4. The molecule has 1 heterocycles. The molecule has 0 saturated carbocycles. The van der Waals surface area contributed by atoms with Crippen LogP contribution in [0.5, 0.6) is 5.75 Å². The molecule has 0 atom stereocenters. The molecule has 0 radical (unpaired) electrons. The summed E-state index contributed by atoms with van der Waals surface area (Å²) in [5.41, 5.74) is 2.32. The molecule has 142 valence electrons. The zero-order valence-electron chi connectivity index (χ0n) is 15.4. The standard InChI is InChI=1S/C20H22ClN3O3/c1-14(25)22-16-4-6-17(7-5-16)23-9-11-24(12-10-23)20(26)18-13-15(21)3-8-19(18)27-2/h3-8,13H,9-12H2,1-2H3,(H,22,25). The highest BCUT2D eigenvalue weighted by atomic mass is 35.5. The topological polar surface area (TPSA) is 61.9 Å². The van der Waals surface area contributed by atoms with Crippen LogP contribution in [0.1, 0.15) is 17.3 Å². The summed E-state index contributed by atoms with van der Waals surface area (Å²) >= 11 is 6.04. The summed E-state index contributed by atoms with van der Waals surface area (Å²) in [6, 6.07) is 12.8. The quantitative estimate of drug-likeness (QED) is 0.874. The number of nitrogens with zero attached hydrogens (tertiary/aromatic N) is 2. The van der Waals surface area contributed by atoms with E-state index in [-0.39, 0.29) is 11.8 Å². The van der Waals surface area contributed by atoms with Gasteiger partial charge in [-0.15, -0.1) is 0 Å². The Kier molecular flexibility index (Phi) is 5.86. The SMILES string of the molecule is COc1ccc(Cl)cc1C(=O)N1CCN(c2ccc(NC(C)=O)cc2)CC1. The molecule has 0 aromatic heterocycles. The van der Waals surface area contributed by atoms with Crippen molar-refractivity contribution in [2.24, 2.45) is 0 Å². The normalized spacial score (nSPS) is 14.0. The van der Waals surface area contributed by atoms with Crippen molar-refractivity contribution in [3.05, 3.63) is 53.1 Å². The van der Waals surface area contributed by atoms with Crippen LogP contribution in [0.3, 0.4) is 0 Å². The van der Waals surface area contributed by atoms with E-state index in [0.29, 0.717) is 29.4 Å². The Morgan fingerprint density at radius 2 is 1.70 bits per heavy atom. The summed E-state index contributed by atoms with van der Waals surface area (Å²) in [6.07, 6.45) is 0. The smallest absolute Gasteiger partial charge is 0.257 e. The maximum Gasteiger partial charge on any atom is 0.257 e. The zero-order chi connectivity index (χ0) is 19.4. The van der Waals surface area contributed by atoms with E-state index in [9.17, 15) is 9.59 Å². The monoisotopic (exact) mass is 387 g/mol. The lowest BCUT2D eigenvalue weighted by molar-refractivity contribution is -0.114. The molecular weight excluding hydrogens is 366 g/mol. The lowest BCUT2D eigenvalue weighted by Crippen LogP contribution is -2.48. The second kappa shape index (κ2) is 8.31. The van der Waals surface area contributed by atoms with Crippen LogP contribution in [0.15, 0.2) is 42.5 Å².